The smallest absolute Gasteiger partial charge is 0.392 e. The van der Waals surface area contributed by atoms with Crippen LogP contribution in [-0.2, 0) is 19.2 Å². The Morgan fingerprint density at radius 3 is 2.37 bits per heavy atom. The number of hydrogen-bond acceptors (Lipinski definition) is 5. The lowest BCUT2D eigenvalue weighted by molar-refractivity contribution is -0.141. The fourth-order valence-electron chi connectivity index (χ4n) is 2.45. The van der Waals surface area contributed by atoms with Gasteiger partial charge in [-0.3, -0.25) is 4.98 Å². The summed E-state index contributed by atoms with van der Waals surface area (Å²) in [5, 5.41) is 12.0. The van der Waals surface area contributed by atoms with Crippen molar-refractivity contribution in [1.82, 2.24) is 15.0 Å². The number of nitrogens with zero attached hydrogens (tertiary/aromatic N) is 3. The first-order valence-electron chi connectivity index (χ1n) is 8.25. The maximum Gasteiger partial charge on any atom is 0.433 e. The largest absolute Gasteiger partial charge is 0.433 e. The number of aliphatic hydroxyl groups is 1. The van der Waals surface area contributed by atoms with E-state index in [0.717, 1.165) is 17.2 Å². The van der Waals surface area contributed by atoms with Crippen LogP contribution in [0, 0.1) is 0 Å². The minimum absolute atomic E-state index is 0.0309. The third-order valence-corrected chi connectivity index (χ3v) is 3.86. The fraction of sp³-hybridized carbons (Fsp3) is 0.211. The summed E-state index contributed by atoms with van der Waals surface area (Å²) in [6.07, 6.45) is -1.03. The van der Waals surface area contributed by atoms with E-state index < -0.39 is 11.9 Å². The normalized spacial score (nSPS) is 11.4. The molecule has 0 saturated heterocycles. The summed E-state index contributed by atoms with van der Waals surface area (Å²) in [4.78, 5) is 11.7. The summed E-state index contributed by atoms with van der Waals surface area (Å²) in [5.41, 5.74) is 1.20. The Morgan fingerprint density at radius 1 is 1.00 bits per heavy atom. The Bertz CT molecular complexity index is 884. The van der Waals surface area contributed by atoms with Crippen LogP contribution in [0.3, 0.4) is 0 Å². The highest BCUT2D eigenvalue weighted by atomic mass is 19.4. The highest BCUT2D eigenvalue weighted by Crippen LogP contribution is 2.30. The molecule has 2 N–H and O–H groups in total. The second kappa shape index (κ2) is 8.13. The number of halogens is 3. The van der Waals surface area contributed by atoms with Crippen molar-refractivity contribution in [2.75, 3.05) is 11.9 Å². The van der Waals surface area contributed by atoms with E-state index in [9.17, 15) is 13.2 Å². The molecule has 1 aromatic carbocycles. The summed E-state index contributed by atoms with van der Waals surface area (Å²) in [5.74, 6) is 0.0656. The molecule has 0 aliphatic rings. The third kappa shape index (κ3) is 5.01. The van der Waals surface area contributed by atoms with Gasteiger partial charge in [0.05, 0.1) is 6.61 Å². The number of benzene rings is 1. The molecule has 0 saturated carbocycles. The molecule has 0 atom stereocenters. The molecule has 3 rings (SSSR count). The number of pyridine rings is 1. The van der Waals surface area contributed by atoms with Crippen molar-refractivity contribution in [1.29, 1.82) is 0 Å². The number of alkyl halides is 3. The molecule has 0 fully saturated rings. The summed E-state index contributed by atoms with van der Waals surface area (Å²) in [6.45, 7) is 0.371. The molecule has 0 radical (unpaired) electrons. The van der Waals surface area contributed by atoms with Crippen molar-refractivity contribution in [3.8, 4) is 11.4 Å². The first-order chi connectivity index (χ1) is 13.0. The standard InChI is InChI=1S/C19H17F3N4O/c20-19(21,22)16-10-17(26-18(25-16)15-2-1-8-23-11-15)24-9-7-13-3-5-14(12-27)6-4-13/h1-6,8,10-11,27H,7,9,12H2,(H,24,25,26). The van der Waals surface area contributed by atoms with Crippen LogP contribution >= 0.6 is 0 Å². The minimum atomic E-state index is -4.57. The van der Waals surface area contributed by atoms with Gasteiger partial charge in [-0.25, -0.2) is 9.97 Å². The van der Waals surface area contributed by atoms with Gasteiger partial charge < -0.3 is 10.4 Å². The number of rotatable bonds is 6. The topological polar surface area (TPSA) is 70.9 Å². The number of aromatic nitrogens is 3. The van der Waals surface area contributed by atoms with Crippen LogP contribution in [0.15, 0.2) is 54.9 Å². The third-order valence-electron chi connectivity index (χ3n) is 3.86. The van der Waals surface area contributed by atoms with Gasteiger partial charge in [-0.15, -0.1) is 0 Å². The molecule has 3 aromatic rings. The second-order valence-corrected chi connectivity index (χ2v) is 5.85. The lowest BCUT2D eigenvalue weighted by Crippen LogP contribution is -2.13. The quantitative estimate of drug-likeness (QED) is 0.688. The highest BCUT2D eigenvalue weighted by molar-refractivity contribution is 5.56. The fourth-order valence-corrected chi connectivity index (χ4v) is 2.45. The SMILES string of the molecule is OCc1ccc(CCNc2cc(C(F)(F)F)nc(-c3cccnc3)n2)cc1. The summed E-state index contributed by atoms with van der Waals surface area (Å²) < 4.78 is 39.5. The molecule has 0 bridgehead atoms. The molecule has 0 aliphatic carbocycles. The predicted molar refractivity (Wildman–Crippen MR) is 94.8 cm³/mol. The number of aliphatic hydroxyl groups excluding tert-OH is 1. The molecular weight excluding hydrogens is 357 g/mol. The Morgan fingerprint density at radius 2 is 1.74 bits per heavy atom. The van der Waals surface area contributed by atoms with E-state index in [0.29, 0.717) is 18.5 Å². The zero-order valence-corrected chi connectivity index (χ0v) is 14.2. The van der Waals surface area contributed by atoms with Gasteiger partial charge in [0.2, 0.25) is 0 Å². The van der Waals surface area contributed by atoms with E-state index in [2.05, 4.69) is 20.3 Å². The molecule has 0 unspecified atom stereocenters. The van der Waals surface area contributed by atoms with E-state index in [-0.39, 0.29) is 18.2 Å². The zero-order chi connectivity index (χ0) is 19.3. The highest BCUT2D eigenvalue weighted by Gasteiger charge is 2.33. The molecular formula is C19H17F3N4O. The van der Waals surface area contributed by atoms with Gasteiger partial charge in [0.25, 0.3) is 0 Å². The van der Waals surface area contributed by atoms with Crippen molar-refractivity contribution >= 4 is 5.82 Å². The Balaban J connectivity index is 1.77. The monoisotopic (exact) mass is 374 g/mol. The molecule has 0 amide bonds. The zero-order valence-electron chi connectivity index (χ0n) is 14.2. The van der Waals surface area contributed by atoms with E-state index in [1.807, 2.05) is 24.3 Å². The Hall–Kier alpha value is -3.00. The molecule has 8 heteroatoms. The summed E-state index contributed by atoms with van der Waals surface area (Å²) >= 11 is 0. The lowest BCUT2D eigenvalue weighted by atomic mass is 10.1. The number of hydrogen-bond donors (Lipinski definition) is 2. The number of anilines is 1. The molecule has 2 aromatic heterocycles. The lowest BCUT2D eigenvalue weighted by Gasteiger charge is -2.12. The maximum atomic E-state index is 13.2. The van der Waals surface area contributed by atoms with Gasteiger partial charge >= 0.3 is 6.18 Å². The van der Waals surface area contributed by atoms with Gasteiger partial charge in [0.15, 0.2) is 11.5 Å². The number of nitrogens with one attached hydrogen (secondary N) is 1. The first kappa shape index (κ1) is 18.8. The van der Waals surface area contributed by atoms with Crippen LogP contribution in [0.2, 0.25) is 0 Å². The predicted octanol–water partition coefficient (Wildman–Crippen LogP) is 3.70. The van der Waals surface area contributed by atoms with E-state index in [1.165, 1.54) is 12.4 Å². The van der Waals surface area contributed by atoms with Gasteiger partial charge in [0, 0.05) is 30.6 Å². The first-order valence-corrected chi connectivity index (χ1v) is 8.25. The van der Waals surface area contributed by atoms with Crippen LogP contribution in [0.1, 0.15) is 16.8 Å². The Labute approximate surface area is 154 Å². The van der Waals surface area contributed by atoms with E-state index in [1.54, 1.807) is 12.1 Å². The van der Waals surface area contributed by atoms with Crippen molar-refractivity contribution in [2.45, 2.75) is 19.2 Å². The van der Waals surface area contributed by atoms with Crippen molar-refractivity contribution in [3.63, 3.8) is 0 Å². The average molecular weight is 374 g/mol. The van der Waals surface area contributed by atoms with Crippen LogP contribution in [0.5, 0.6) is 0 Å². The van der Waals surface area contributed by atoms with E-state index in [4.69, 9.17) is 5.11 Å². The van der Waals surface area contributed by atoms with Crippen LogP contribution in [-0.4, -0.2) is 26.6 Å². The van der Waals surface area contributed by atoms with Crippen LogP contribution in [0.4, 0.5) is 19.0 Å². The summed E-state index contributed by atoms with van der Waals surface area (Å²) in [7, 11) is 0. The minimum Gasteiger partial charge on any atom is -0.392 e. The molecule has 0 aliphatic heterocycles. The van der Waals surface area contributed by atoms with Gasteiger partial charge in [-0.1, -0.05) is 24.3 Å². The molecule has 0 spiro atoms. The van der Waals surface area contributed by atoms with Crippen molar-refractivity contribution < 1.29 is 18.3 Å². The summed E-state index contributed by atoms with van der Waals surface area (Å²) in [6, 6.07) is 11.5. The van der Waals surface area contributed by atoms with Gasteiger partial charge in [-0.2, -0.15) is 13.2 Å². The average Bonchev–Trinajstić information content (AvgIpc) is 2.68. The maximum absolute atomic E-state index is 13.2. The van der Waals surface area contributed by atoms with E-state index >= 15 is 0 Å². The van der Waals surface area contributed by atoms with Crippen LogP contribution in [0.25, 0.3) is 11.4 Å². The molecule has 2 heterocycles. The Kier molecular flexibility index (Phi) is 5.66. The molecule has 5 nitrogen and oxygen atoms in total. The van der Waals surface area contributed by atoms with Gasteiger partial charge in [0.1, 0.15) is 5.82 Å². The molecule has 140 valence electrons. The second-order valence-electron chi connectivity index (χ2n) is 5.85. The van der Waals surface area contributed by atoms with Crippen molar-refractivity contribution in [3.05, 3.63) is 71.7 Å². The van der Waals surface area contributed by atoms with Crippen molar-refractivity contribution in [2.24, 2.45) is 0 Å². The van der Waals surface area contributed by atoms with Crippen LogP contribution < -0.4 is 5.32 Å². The molecule has 27 heavy (non-hydrogen) atoms. The van der Waals surface area contributed by atoms with Gasteiger partial charge in [-0.05, 0) is 29.7 Å².